The fourth-order valence-corrected chi connectivity index (χ4v) is 4.75. The second-order valence-electron chi connectivity index (χ2n) is 7.28. The standard InChI is InChI=1S/C22H23ClN4O3S/c1-2-3-8-21-25-14-22(23,15-28)27(21)13-17-9-11-18(12-10-17)19-6-4-5-7-20(19)31(29,30)26-16-24/h4-7,9-12,14-15,21,26H,2-3,8,13H2,1H3. The Balaban J connectivity index is 1.86. The van der Waals surface area contributed by atoms with E-state index in [0.717, 1.165) is 24.8 Å². The zero-order valence-electron chi connectivity index (χ0n) is 17.0. The largest absolute Gasteiger partial charge is 0.299 e. The fraction of sp³-hybridized carbons (Fsp3) is 0.318. The van der Waals surface area contributed by atoms with E-state index in [1.165, 1.54) is 18.5 Å². The molecule has 0 radical (unpaired) electrons. The predicted molar refractivity (Wildman–Crippen MR) is 120 cm³/mol. The highest BCUT2D eigenvalue weighted by atomic mass is 35.5. The Morgan fingerprint density at radius 1 is 1.26 bits per heavy atom. The molecule has 0 fully saturated rings. The average Bonchev–Trinajstić information content (AvgIpc) is 3.09. The molecule has 1 aliphatic heterocycles. The smallest absolute Gasteiger partial charge is 0.270 e. The molecule has 3 rings (SSSR count). The summed E-state index contributed by atoms with van der Waals surface area (Å²) in [7, 11) is -3.95. The van der Waals surface area contributed by atoms with E-state index in [4.69, 9.17) is 16.9 Å². The van der Waals surface area contributed by atoms with Crippen molar-refractivity contribution in [2.24, 2.45) is 4.99 Å². The number of nitrogens with zero attached hydrogens (tertiary/aromatic N) is 3. The van der Waals surface area contributed by atoms with Crippen LogP contribution in [0.2, 0.25) is 0 Å². The van der Waals surface area contributed by atoms with Crippen LogP contribution in [0.1, 0.15) is 31.7 Å². The van der Waals surface area contributed by atoms with Gasteiger partial charge in [0, 0.05) is 18.3 Å². The maximum Gasteiger partial charge on any atom is 0.270 e. The van der Waals surface area contributed by atoms with Crippen molar-refractivity contribution in [3.63, 3.8) is 0 Å². The molecule has 162 valence electrons. The number of aliphatic imine (C=N–C) groups is 1. The number of aldehydes is 1. The lowest BCUT2D eigenvalue weighted by Gasteiger charge is -2.31. The number of nitriles is 1. The number of sulfonamides is 1. The number of nitrogens with one attached hydrogen (secondary N) is 1. The Morgan fingerprint density at radius 3 is 2.61 bits per heavy atom. The maximum absolute atomic E-state index is 12.3. The third kappa shape index (κ3) is 4.96. The Hall–Kier alpha value is -2.73. The van der Waals surface area contributed by atoms with Crippen molar-refractivity contribution >= 4 is 34.1 Å². The molecular weight excluding hydrogens is 436 g/mol. The van der Waals surface area contributed by atoms with Gasteiger partial charge in [0.1, 0.15) is 6.17 Å². The lowest BCUT2D eigenvalue weighted by atomic mass is 10.0. The van der Waals surface area contributed by atoms with Crippen LogP contribution in [0, 0.1) is 11.5 Å². The van der Waals surface area contributed by atoms with Gasteiger partial charge in [0.15, 0.2) is 17.5 Å². The molecule has 1 N–H and O–H groups in total. The summed E-state index contributed by atoms with van der Waals surface area (Å²) in [4.78, 5) is 16.7. The normalized spacial score (nSPS) is 21.0. The Labute approximate surface area is 187 Å². The summed E-state index contributed by atoms with van der Waals surface area (Å²) in [6.07, 6.45) is 6.31. The first kappa shape index (κ1) is 22.9. The third-order valence-electron chi connectivity index (χ3n) is 5.18. The molecule has 0 saturated carbocycles. The Bertz CT molecular complexity index is 1110. The van der Waals surface area contributed by atoms with E-state index in [1.54, 1.807) is 18.2 Å². The van der Waals surface area contributed by atoms with Crippen LogP contribution < -0.4 is 4.72 Å². The minimum atomic E-state index is -3.95. The van der Waals surface area contributed by atoms with Crippen molar-refractivity contribution in [3.8, 4) is 17.3 Å². The zero-order valence-corrected chi connectivity index (χ0v) is 18.6. The molecule has 0 aliphatic carbocycles. The molecule has 1 aliphatic rings. The fourth-order valence-electron chi connectivity index (χ4n) is 3.56. The number of rotatable bonds is 9. The summed E-state index contributed by atoms with van der Waals surface area (Å²) in [6.45, 7) is 2.52. The van der Waals surface area contributed by atoms with Crippen LogP contribution in [0.5, 0.6) is 0 Å². The van der Waals surface area contributed by atoms with Gasteiger partial charge in [-0.3, -0.25) is 9.79 Å². The second kappa shape index (κ2) is 9.60. The van der Waals surface area contributed by atoms with Crippen LogP contribution in [0.25, 0.3) is 11.1 Å². The minimum absolute atomic E-state index is 0.0256. The average molecular weight is 459 g/mol. The zero-order chi connectivity index (χ0) is 22.5. The van der Waals surface area contributed by atoms with Gasteiger partial charge >= 0.3 is 0 Å². The Morgan fingerprint density at radius 2 is 1.97 bits per heavy atom. The molecular formula is C22H23ClN4O3S. The van der Waals surface area contributed by atoms with E-state index < -0.39 is 15.0 Å². The number of carbonyl (C=O) groups excluding carboxylic acids is 1. The quantitative estimate of drug-likeness (QED) is 0.203. The number of alkyl halides is 1. The highest BCUT2D eigenvalue weighted by Crippen LogP contribution is 2.32. The molecule has 0 saturated heterocycles. The predicted octanol–water partition coefficient (Wildman–Crippen LogP) is 3.65. The van der Waals surface area contributed by atoms with E-state index in [9.17, 15) is 13.2 Å². The van der Waals surface area contributed by atoms with Gasteiger partial charge in [-0.05, 0) is 23.6 Å². The summed E-state index contributed by atoms with van der Waals surface area (Å²) in [5.41, 5.74) is 2.09. The molecule has 2 atom stereocenters. The van der Waals surface area contributed by atoms with Crippen molar-refractivity contribution in [1.29, 1.82) is 5.26 Å². The first-order valence-corrected chi connectivity index (χ1v) is 11.8. The number of benzene rings is 2. The van der Waals surface area contributed by atoms with Crippen LogP contribution in [0.15, 0.2) is 58.4 Å². The van der Waals surface area contributed by atoms with Crippen molar-refractivity contribution in [3.05, 3.63) is 54.1 Å². The molecule has 0 bridgehead atoms. The van der Waals surface area contributed by atoms with Crippen LogP contribution in [-0.4, -0.2) is 37.0 Å². The van der Waals surface area contributed by atoms with Gasteiger partial charge in [0.25, 0.3) is 10.0 Å². The first-order valence-electron chi connectivity index (χ1n) is 9.90. The topological polar surface area (TPSA) is 103 Å². The summed E-state index contributed by atoms with van der Waals surface area (Å²) < 4.78 is 26.6. The van der Waals surface area contributed by atoms with E-state index >= 15 is 0 Å². The van der Waals surface area contributed by atoms with Gasteiger partial charge in [-0.1, -0.05) is 73.8 Å². The van der Waals surface area contributed by atoms with Gasteiger partial charge in [-0.15, -0.1) is 0 Å². The summed E-state index contributed by atoms with van der Waals surface area (Å²) in [5, 5.41) is 8.74. The van der Waals surface area contributed by atoms with Gasteiger partial charge in [-0.25, -0.2) is 18.0 Å². The van der Waals surface area contributed by atoms with Crippen LogP contribution >= 0.6 is 11.6 Å². The number of unbranched alkanes of at least 4 members (excludes halogenated alkanes) is 1. The van der Waals surface area contributed by atoms with Crippen molar-refractivity contribution in [1.82, 2.24) is 9.62 Å². The number of halogens is 1. The highest BCUT2D eigenvalue weighted by Gasteiger charge is 2.41. The molecule has 2 aromatic rings. The summed E-state index contributed by atoms with van der Waals surface area (Å²) in [6, 6.07) is 13.8. The van der Waals surface area contributed by atoms with Gasteiger partial charge in [0.05, 0.1) is 4.90 Å². The Kier molecular flexibility index (Phi) is 7.11. The molecule has 2 unspecified atom stereocenters. The van der Waals surface area contributed by atoms with Crippen molar-refractivity contribution < 1.29 is 13.2 Å². The molecule has 0 spiro atoms. The van der Waals surface area contributed by atoms with Crippen molar-refractivity contribution in [2.45, 2.75) is 48.8 Å². The summed E-state index contributed by atoms with van der Waals surface area (Å²) >= 11 is 6.48. The summed E-state index contributed by atoms with van der Waals surface area (Å²) in [5.74, 6) is 0. The lowest BCUT2D eigenvalue weighted by Crippen LogP contribution is -2.46. The number of hydrogen-bond acceptors (Lipinski definition) is 6. The molecule has 1 heterocycles. The van der Waals surface area contributed by atoms with Gasteiger partial charge < -0.3 is 0 Å². The van der Waals surface area contributed by atoms with Crippen molar-refractivity contribution in [2.75, 3.05) is 0 Å². The van der Waals surface area contributed by atoms with E-state index in [0.29, 0.717) is 24.0 Å². The van der Waals surface area contributed by atoms with E-state index in [2.05, 4.69) is 11.9 Å². The number of carbonyl (C=O) groups is 1. The third-order valence-corrected chi connectivity index (χ3v) is 6.88. The van der Waals surface area contributed by atoms with Gasteiger partial charge in [-0.2, -0.15) is 5.26 Å². The van der Waals surface area contributed by atoms with Gasteiger partial charge in [0.2, 0.25) is 0 Å². The lowest BCUT2D eigenvalue weighted by molar-refractivity contribution is -0.112. The highest BCUT2D eigenvalue weighted by molar-refractivity contribution is 7.89. The molecule has 9 heteroatoms. The molecule has 0 amide bonds. The minimum Gasteiger partial charge on any atom is -0.299 e. The monoisotopic (exact) mass is 458 g/mol. The molecule has 7 nitrogen and oxygen atoms in total. The van der Waals surface area contributed by atoms with Crippen LogP contribution in [-0.2, 0) is 21.4 Å². The van der Waals surface area contributed by atoms with E-state index in [-0.39, 0.29) is 11.1 Å². The van der Waals surface area contributed by atoms with Crippen LogP contribution in [0.3, 0.4) is 0 Å². The maximum atomic E-state index is 12.3. The number of hydrogen-bond donors (Lipinski definition) is 1. The SMILES string of the molecule is CCCCC1N=CC(Cl)(C=O)N1Cc1ccc(-c2ccccc2S(=O)(=O)NC#N)cc1. The van der Waals surface area contributed by atoms with E-state index in [1.807, 2.05) is 33.9 Å². The first-order chi connectivity index (χ1) is 14.8. The second-order valence-corrected chi connectivity index (χ2v) is 9.54. The molecule has 2 aromatic carbocycles. The molecule has 31 heavy (non-hydrogen) atoms. The molecule has 0 aromatic heterocycles. The van der Waals surface area contributed by atoms with Crippen LogP contribution in [0.4, 0.5) is 0 Å².